The molecule has 0 aromatic heterocycles. The van der Waals surface area contributed by atoms with E-state index in [-0.39, 0.29) is 17.1 Å². The summed E-state index contributed by atoms with van der Waals surface area (Å²) in [6.45, 7) is 8.14. The number of aryl methyl sites for hydroxylation is 3. The Kier molecular flexibility index (Phi) is 6.16. The molecule has 2 N–H and O–H groups in total. The van der Waals surface area contributed by atoms with Crippen LogP contribution in [0.3, 0.4) is 0 Å². The highest BCUT2D eigenvalue weighted by atomic mass is 16.5. The molecule has 6 nitrogen and oxygen atoms in total. The Hall–Kier alpha value is -4.06. The highest BCUT2D eigenvalue weighted by Crippen LogP contribution is 2.43. The van der Waals surface area contributed by atoms with E-state index in [0.29, 0.717) is 29.2 Å². The molecule has 0 saturated carbocycles. The van der Waals surface area contributed by atoms with Crippen LogP contribution in [-0.4, -0.2) is 28.5 Å². The van der Waals surface area contributed by atoms with Crippen LogP contribution in [0.4, 0.5) is 5.69 Å². The standard InChI is InChI=1S/C28H27NO5/c1-5-34-23-12-10-20(13-18(23)4)26(31)24-25(19-7-6-8-22(30)15-19)29(28(33)27(24)32)21-11-9-16(2)17(3)14-21/h6-15,25,30-31H,5H2,1-4H3/b26-24+. The van der Waals surface area contributed by atoms with Crippen molar-refractivity contribution in [1.29, 1.82) is 0 Å². The van der Waals surface area contributed by atoms with E-state index in [9.17, 15) is 19.8 Å². The van der Waals surface area contributed by atoms with Crippen LogP contribution in [0.25, 0.3) is 5.76 Å². The first-order valence-electron chi connectivity index (χ1n) is 11.1. The van der Waals surface area contributed by atoms with Crippen molar-refractivity contribution in [3.63, 3.8) is 0 Å². The van der Waals surface area contributed by atoms with Gasteiger partial charge in [0.05, 0.1) is 18.2 Å². The van der Waals surface area contributed by atoms with E-state index in [1.165, 1.54) is 17.0 Å². The predicted octanol–water partition coefficient (Wildman–Crippen LogP) is 5.34. The van der Waals surface area contributed by atoms with Crippen LogP contribution in [0.1, 0.15) is 40.8 Å². The largest absolute Gasteiger partial charge is 0.508 e. The fourth-order valence-electron chi connectivity index (χ4n) is 4.25. The normalized spacial score (nSPS) is 17.3. The number of aliphatic hydroxyl groups is 1. The van der Waals surface area contributed by atoms with Gasteiger partial charge in [-0.2, -0.15) is 0 Å². The molecule has 4 rings (SSSR count). The van der Waals surface area contributed by atoms with Gasteiger partial charge in [0, 0.05) is 11.3 Å². The number of carbonyl (C=O) groups excluding carboxylic acids is 2. The molecule has 1 saturated heterocycles. The summed E-state index contributed by atoms with van der Waals surface area (Å²) in [6.07, 6.45) is 0. The molecule has 1 unspecified atom stereocenters. The summed E-state index contributed by atoms with van der Waals surface area (Å²) in [4.78, 5) is 27.9. The number of ether oxygens (including phenoxy) is 1. The number of anilines is 1. The first-order chi connectivity index (χ1) is 16.2. The highest BCUT2D eigenvalue weighted by molar-refractivity contribution is 6.51. The second kappa shape index (κ2) is 9.06. The molecule has 1 atom stereocenters. The predicted molar refractivity (Wildman–Crippen MR) is 131 cm³/mol. The quantitative estimate of drug-likeness (QED) is 0.307. The Labute approximate surface area is 198 Å². The minimum atomic E-state index is -0.902. The number of aromatic hydroxyl groups is 1. The number of carbonyl (C=O) groups is 2. The summed E-state index contributed by atoms with van der Waals surface area (Å²) >= 11 is 0. The average molecular weight is 458 g/mol. The van der Waals surface area contributed by atoms with Crippen LogP contribution in [0.15, 0.2) is 66.2 Å². The number of aliphatic hydroxyl groups excluding tert-OH is 1. The lowest BCUT2D eigenvalue weighted by Crippen LogP contribution is -2.29. The van der Waals surface area contributed by atoms with Crippen molar-refractivity contribution < 1.29 is 24.5 Å². The van der Waals surface area contributed by atoms with Gasteiger partial charge in [-0.1, -0.05) is 18.2 Å². The van der Waals surface area contributed by atoms with Crippen LogP contribution in [-0.2, 0) is 9.59 Å². The third-order valence-corrected chi connectivity index (χ3v) is 6.15. The van der Waals surface area contributed by atoms with Gasteiger partial charge in [-0.05, 0) is 92.4 Å². The van der Waals surface area contributed by atoms with Gasteiger partial charge in [-0.3, -0.25) is 14.5 Å². The van der Waals surface area contributed by atoms with E-state index < -0.39 is 17.7 Å². The van der Waals surface area contributed by atoms with Gasteiger partial charge in [0.1, 0.15) is 17.3 Å². The Morgan fingerprint density at radius 1 is 0.941 bits per heavy atom. The Balaban J connectivity index is 1.93. The van der Waals surface area contributed by atoms with E-state index >= 15 is 0 Å². The number of benzene rings is 3. The van der Waals surface area contributed by atoms with Gasteiger partial charge < -0.3 is 14.9 Å². The van der Waals surface area contributed by atoms with E-state index in [0.717, 1.165) is 16.7 Å². The molecule has 34 heavy (non-hydrogen) atoms. The summed E-state index contributed by atoms with van der Waals surface area (Å²) < 4.78 is 5.58. The zero-order valence-electron chi connectivity index (χ0n) is 19.6. The average Bonchev–Trinajstić information content (AvgIpc) is 3.07. The molecule has 1 heterocycles. The molecule has 0 radical (unpaired) electrons. The zero-order chi connectivity index (χ0) is 24.6. The number of amides is 1. The van der Waals surface area contributed by atoms with E-state index in [1.54, 1.807) is 36.4 Å². The second-order valence-electron chi connectivity index (χ2n) is 8.45. The lowest BCUT2D eigenvalue weighted by molar-refractivity contribution is -0.132. The van der Waals surface area contributed by atoms with E-state index in [1.807, 2.05) is 39.8 Å². The minimum Gasteiger partial charge on any atom is -0.508 e. The van der Waals surface area contributed by atoms with Gasteiger partial charge in [0.2, 0.25) is 0 Å². The molecule has 0 spiro atoms. The number of phenols is 1. The first kappa shape index (κ1) is 23.1. The Morgan fingerprint density at radius 3 is 2.35 bits per heavy atom. The monoisotopic (exact) mass is 457 g/mol. The zero-order valence-corrected chi connectivity index (χ0v) is 19.6. The molecule has 174 valence electrons. The van der Waals surface area contributed by atoms with Crippen molar-refractivity contribution in [3.05, 3.63) is 94.1 Å². The maximum Gasteiger partial charge on any atom is 0.300 e. The van der Waals surface area contributed by atoms with Crippen LogP contribution in [0, 0.1) is 20.8 Å². The smallest absolute Gasteiger partial charge is 0.300 e. The second-order valence-corrected chi connectivity index (χ2v) is 8.45. The van der Waals surface area contributed by atoms with Crippen LogP contribution in [0.2, 0.25) is 0 Å². The molecular weight excluding hydrogens is 430 g/mol. The van der Waals surface area contributed by atoms with Gasteiger partial charge in [0.25, 0.3) is 11.7 Å². The number of phenolic OH excluding ortho intramolecular Hbond substituents is 1. The number of hydrogen-bond acceptors (Lipinski definition) is 5. The highest BCUT2D eigenvalue weighted by Gasteiger charge is 2.47. The maximum atomic E-state index is 13.3. The molecule has 1 aliphatic rings. The van der Waals surface area contributed by atoms with Gasteiger partial charge in [-0.15, -0.1) is 0 Å². The third-order valence-electron chi connectivity index (χ3n) is 6.15. The molecule has 0 aliphatic carbocycles. The fraction of sp³-hybridized carbons (Fsp3) is 0.214. The third kappa shape index (κ3) is 4.03. The molecular formula is C28H27NO5. The number of nitrogens with zero attached hydrogens (tertiary/aromatic N) is 1. The topological polar surface area (TPSA) is 87.1 Å². The number of ketones is 1. The molecule has 1 aliphatic heterocycles. The van der Waals surface area contributed by atoms with Crippen LogP contribution >= 0.6 is 0 Å². The number of rotatable bonds is 5. The van der Waals surface area contributed by atoms with Gasteiger partial charge in [0.15, 0.2) is 0 Å². The summed E-state index contributed by atoms with van der Waals surface area (Å²) in [6, 6.07) is 16.1. The maximum absolute atomic E-state index is 13.3. The molecule has 3 aromatic rings. The molecule has 1 fully saturated rings. The van der Waals surface area contributed by atoms with Gasteiger partial charge >= 0.3 is 0 Å². The molecule has 6 heteroatoms. The summed E-state index contributed by atoms with van der Waals surface area (Å²) in [5, 5.41) is 21.4. The van der Waals surface area contributed by atoms with Crippen molar-refractivity contribution >= 4 is 23.1 Å². The van der Waals surface area contributed by atoms with Crippen LogP contribution in [0.5, 0.6) is 11.5 Å². The fourth-order valence-corrected chi connectivity index (χ4v) is 4.25. The van der Waals surface area contributed by atoms with Crippen molar-refractivity contribution in [2.24, 2.45) is 0 Å². The first-order valence-corrected chi connectivity index (χ1v) is 11.1. The lowest BCUT2D eigenvalue weighted by atomic mass is 9.94. The van der Waals surface area contributed by atoms with Crippen LogP contribution < -0.4 is 9.64 Å². The number of Topliss-reactive ketones (excluding diaryl/α,β-unsaturated/α-hetero) is 1. The lowest BCUT2D eigenvalue weighted by Gasteiger charge is -2.26. The molecule has 1 amide bonds. The summed E-state index contributed by atoms with van der Waals surface area (Å²) in [5.41, 5.74) is 4.25. The summed E-state index contributed by atoms with van der Waals surface area (Å²) in [5.74, 6) is -1.11. The Bertz CT molecular complexity index is 1320. The van der Waals surface area contributed by atoms with Crippen molar-refractivity contribution in [2.75, 3.05) is 11.5 Å². The van der Waals surface area contributed by atoms with E-state index in [4.69, 9.17) is 4.74 Å². The molecule has 3 aromatic carbocycles. The Morgan fingerprint density at radius 2 is 1.71 bits per heavy atom. The molecule has 0 bridgehead atoms. The van der Waals surface area contributed by atoms with E-state index in [2.05, 4.69) is 0 Å². The number of hydrogen-bond donors (Lipinski definition) is 2. The van der Waals surface area contributed by atoms with Crippen molar-refractivity contribution in [1.82, 2.24) is 0 Å². The minimum absolute atomic E-state index is 0.0000798. The van der Waals surface area contributed by atoms with Crippen molar-refractivity contribution in [2.45, 2.75) is 33.7 Å². The van der Waals surface area contributed by atoms with Crippen molar-refractivity contribution in [3.8, 4) is 11.5 Å². The van der Waals surface area contributed by atoms with Gasteiger partial charge in [-0.25, -0.2) is 0 Å². The SMILES string of the molecule is CCOc1ccc(/C(O)=C2\C(=O)C(=O)N(c3ccc(C)c(C)c3)C2c2cccc(O)c2)cc1C. The summed E-state index contributed by atoms with van der Waals surface area (Å²) in [7, 11) is 0.